The van der Waals surface area contributed by atoms with Crippen LogP contribution < -0.4 is 10.1 Å². The van der Waals surface area contributed by atoms with E-state index in [0.717, 1.165) is 38.6 Å². The largest absolute Gasteiger partial charge is 0.486 e. The number of ether oxygens (including phenoxy) is 2. The van der Waals surface area contributed by atoms with Crippen LogP contribution >= 0.6 is 0 Å². The lowest BCUT2D eigenvalue weighted by Gasteiger charge is -2.26. The molecule has 0 bridgehead atoms. The minimum atomic E-state index is 0.209. The summed E-state index contributed by atoms with van der Waals surface area (Å²) < 4.78 is 22.6. The van der Waals surface area contributed by atoms with E-state index in [9.17, 15) is 5.26 Å². The van der Waals surface area contributed by atoms with Crippen LogP contribution in [-0.4, -0.2) is 49.3 Å². The number of hydrogen-bond acceptors (Lipinski definition) is 8. The van der Waals surface area contributed by atoms with E-state index in [0.29, 0.717) is 30.6 Å². The Morgan fingerprint density at radius 1 is 1.13 bits per heavy atom. The van der Waals surface area contributed by atoms with Crippen LogP contribution in [0.25, 0.3) is 11.7 Å². The smallest absolute Gasteiger partial charge is 0.266 e. The van der Waals surface area contributed by atoms with Crippen molar-refractivity contribution in [3.63, 3.8) is 0 Å². The Balaban J connectivity index is 1.35. The highest BCUT2D eigenvalue weighted by atomic mass is 16.5. The first-order chi connectivity index (χ1) is 14.7. The van der Waals surface area contributed by atoms with Gasteiger partial charge in [0.05, 0.1) is 13.2 Å². The van der Waals surface area contributed by atoms with E-state index in [-0.39, 0.29) is 11.6 Å². The minimum Gasteiger partial charge on any atom is -0.486 e. The van der Waals surface area contributed by atoms with Crippen LogP contribution in [0.4, 0.5) is 5.88 Å². The molecule has 1 aromatic carbocycles. The van der Waals surface area contributed by atoms with Gasteiger partial charge in [0.25, 0.3) is 5.89 Å². The first-order valence-corrected chi connectivity index (χ1v) is 9.95. The Labute approximate surface area is 175 Å². The third kappa shape index (κ3) is 5.00. The number of aryl methyl sites for hydroxylation is 1. The lowest BCUT2D eigenvalue weighted by atomic mass is 10.2. The highest BCUT2D eigenvalue weighted by molar-refractivity contribution is 5.54. The van der Waals surface area contributed by atoms with Crippen molar-refractivity contribution >= 4 is 5.88 Å². The molecule has 1 saturated heterocycles. The lowest BCUT2D eigenvalue weighted by Crippen LogP contribution is -2.39. The molecule has 0 spiro atoms. The molecule has 156 valence electrons. The topological polar surface area (TPSA) is 96.7 Å². The van der Waals surface area contributed by atoms with Gasteiger partial charge in [0.1, 0.15) is 24.2 Å². The Kier molecular flexibility index (Phi) is 6.32. The van der Waals surface area contributed by atoms with Gasteiger partial charge in [-0.05, 0) is 31.2 Å². The number of oxazole rings is 1. The number of hydrogen-bond donors (Lipinski definition) is 1. The lowest BCUT2D eigenvalue weighted by molar-refractivity contribution is 0.0398. The number of nitrogens with one attached hydrogen (secondary N) is 1. The number of nitrogens with zero attached hydrogens (tertiary/aromatic N) is 3. The van der Waals surface area contributed by atoms with E-state index < -0.39 is 0 Å². The molecule has 8 nitrogen and oxygen atoms in total. The summed E-state index contributed by atoms with van der Waals surface area (Å²) in [6.07, 6.45) is 0. The normalized spacial score (nSPS) is 14.4. The molecule has 3 aromatic rings. The van der Waals surface area contributed by atoms with Crippen LogP contribution in [0, 0.1) is 18.3 Å². The summed E-state index contributed by atoms with van der Waals surface area (Å²) >= 11 is 0. The highest BCUT2D eigenvalue weighted by Gasteiger charge is 2.18. The third-order valence-corrected chi connectivity index (χ3v) is 4.82. The zero-order chi connectivity index (χ0) is 20.8. The standard InChI is InChI=1S/C22H24N4O4/c1-16-2-4-17(5-3-16)28-15-18-6-7-20(29-18)22-25-19(14-23)21(30-22)24-8-9-26-10-12-27-13-11-26/h2-7,24H,8-13,15H2,1H3. The first kappa shape index (κ1) is 20.0. The monoisotopic (exact) mass is 408 g/mol. The molecule has 1 aliphatic heterocycles. The highest BCUT2D eigenvalue weighted by Crippen LogP contribution is 2.27. The zero-order valence-corrected chi connectivity index (χ0v) is 16.9. The molecule has 4 rings (SSSR count). The van der Waals surface area contributed by atoms with E-state index in [4.69, 9.17) is 18.3 Å². The number of morpholine rings is 1. The van der Waals surface area contributed by atoms with Crippen LogP contribution in [0.3, 0.4) is 0 Å². The predicted octanol–water partition coefficient (Wildman–Crippen LogP) is 3.44. The van der Waals surface area contributed by atoms with Gasteiger partial charge in [-0.1, -0.05) is 17.7 Å². The summed E-state index contributed by atoms with van der Waals surface area (Å²) in [4.78, 5) is 6.55. The Hall–Kier alpha value is -3.28. The second-order valence-electron chi connectivity index (χ2n) is 7.06. The summed E-state index contributed by atoms with van der Waals surface area (Å²) in [6.45, 7) is 7.14. The van der Waals surface area contributed by atoms with Crippen molar-refractivity contribution in [3.8, 4) is 23.5 Å². The number of furan rings is 1. The van der Waals surface area contributed by atoms with Crippen molar-refractivity contribution < 1.29 is 18.3 Å². The Morgan fingerprint density at radius 3 is 2.70 bits per heavy atom. The van der Waals surface area contributed by atoms with Gasteiger partial charge in [-0.15, -0.1) is 0 Å². The zero-order valence-electron chi connectivity index (χ0n) is 16.9. The molecule has 0 radical (unpaired) electrons. The maximum Gasteiger partial charge on any atom is 0.266 e. The van der Waals surface area contributed by atoms with E-state index >= 15 is 0 Å². The average molecular weight is 408 g/mol. The number of nitriles is 1. The Morgan fingerprint density at radius 2 is 1.93 bits per heavy atom. The second kappa shape index (κ2) is 9.48. The fraction of sp³-hybridized carbons (Fsp3) is 0.364. The summed E-state index contributed by atoms with van der Waals surface area (Å²) in [5, 5.41) is 12.5. The SMILES string of the molecule is Cc1ccc(OCc2ccc(-c3nc(C#N)c(NCCN4CCOCC4)o3)o2)cc1. The molecule has 0 atom stereocenters. The Bertz CT molecular complexity index is 997. The van der Waals surface area contributed by atoms with Crippen molar-refractivity contribution in [2.24, 2.45) is 0 Å². The fourth-order valence-electron chi connectivity index (χ4n) is 3.13. The van der Waals surface area contributed by atoms with Crippen LogP contribution in [0.1, 0.15) is 17.0 Å². The van der Waals surface area contributed by atoms with E-state index in [1.165, 1.54) is 5.56 Å². The van der Waals surface area contributed by atoms with Crippen LogP contribution in [0.2, 0.25) is 0 Å². The molecule has 1 aliphatic rings. The van der Waals surface area contributed by atoms with E-state index in [1.54, 1.807) is 6.07 Å². The van der Waals surface area contributed by atoms with Crippen molar-refractivity contribution in [2.45, 2.75) is 13.5 Å². The fourth-order valence-corrected chi connectivity index (χ4v) is 3.13. The van der Waals surface area contributed by atoms with Crippen LogP contribution in [0.15, 0.2) is 45.2 Å². The van der Waals surface area contributed by atoms with E-state index in [1.807, 2.05) is 37.3 Å². The molecule has 2 aromatic heterocycles. The van der Waals surface area contributed by atoms with Gasteiger partial charge in [-0.2, -0.15) is 10.2 Å². The van der Waals surface area contributed by atoms with Gasteiger partial charge in [0.2, 0.25) is 11.6 Å². The molecular weight excluding hydrogens is 384 g/mol. The predicted molar refractivity (Wildman–Crippen MR) is 110 cm³/mol. The maximum atomic E-state index is 9.37. The van der Waals surface area contributed by atoms with Crippen molar-refractivity contribution in [2.75, 3.05) is 44.7 Å². The van der Waals surface area contributed by atoms with Crippen LogP contribution in [-0.2, 0) is 11.3 Å². The number of aromatic nitrogens is 1. The number of rotatable bonds is 8. The molecule has 1 fully saturated rings. The van der Waals surface area contributed by atoms with Gasteiger partial charge in [0.15, 0.2) is 5.76 Å². The molecule has 0 aliphatic carbocycles. The second-order valence-corrected chi connectivity index (χ2v) is 7.06. The van der Waals surface area contributed by atoms with E-state index in [2.05, 4.69) is 21.3 Å². The molecule has 1 N–H and O–H groups in total. The van der Waals surface area contributed by atoms with Crippen molar-refractivity contribution in [1.82, 2.24) is 9.88 Å². The number of benzene rings is 1. The van der Waals surface area contributed by atoms with Gasteiger partial charge in [0, 0.05) is 26.2 Å². The number of anilines is 1. The molecular formula is C22H24N4O4. The van der Waals surface area contributed by atoms with Crippen molar-refractivity contribution in [1.29, 1.82) is 5.26 Å². The summed E-state index contributed by atoms with van der Waals surface area (Å²) in [7, 11) is 0. The molecule has 30 heavy (non-hydrogen) atoms. The van der Waals surface area contributed by atoms with Gasteiger partial charge >= 0.3 is 0 Å². The van der Waals surface area contributed by atoms with Gasteiger partial charge in [-0.3, -0.25) is 4.90 Å². The molecule has 0 saturated carbocycles. The summed E-state index contributed by atoms with van der Waals surface area (Å²) in [5.74, 6) is 2.49. The summed E-state index contributed by atoms with van der Waals surface area (Å²) in [5.41, 5.74) is 1.38. The first-order valence-electron chi connectivity index (χ1n) is 9.95. The van der Waals surface area contributed by atoms with Gasteiger partial charge < -0.3 is 23.6 Å². The average Bonchev–Trinajstić information content (AvgIpc) is 3.41. The molecule has 0 amide bonds. The molecule has 0 unspecified atom stereocenters. The minimum absolute atomic E-state index is 0.209. The quantitative estimate of drug-likeness (QED) is 0.605. The summed E-state index contributed by atoms with van der Waals surface area (Å²) in [6, 6.07) is 13.5. The van der Waals surface area contributed by atoms with Crippen molar-refractivity contribution in [3.05, 3.63) is 53.4 Å². The van der Waals surface area contributed by atoms with Gasteiger partial charge in [-0.25, -0.2) is 0 Å². The molecule has 3 heterocycles. The third-order valence-electron chi connectivity index (χ3n) is 4.82. The molecule has 8 heteroatoms. The maximum absolute atomic E-state index is 9.37. The van der Waals surface area contributed by atoms with Crippen LogP contribution in [0.5, 0.6) is 5.75 Å².